The maximum absolute atomic E-state index is 11.4. The molecule has 0 bridgehead atoms. The first-order valence-corrected chi connectivity index (χ1v) is 10.5. The van der Waals surface area contributed by atoms with Crippen LogP contribution in [0.25, 0.3) is 0 Å². The standard InChI is InChI=1S/C23H32BNO2/c1-16-12-19(13-18-4-3-5-20(24)14-18)6-7-21(25-16)15-17-8-10-23(2,11-9-17)22(26)27/h3-5,14,16-17,19H,6-13,15H2,1-2H3,(H,26,27). The van der Waals surface area contributed by atoms with Crippen LogP contribution in [-0.4, -0.2) is 30.7 Å². The summed E-state index contributed by atoms with van der Waals surface area (Å²) in [5, 5.41) is 9.41. The summed E-state index contributed by atoms with van der Waals surface area (Å²) in [6, 6.07) is 8.63. The highest BCUT2D eigenvalue weighted by molar-refractivity contribution is 6.32. The Morgan fingerprint density at radius 2 is 1.96 bits per heavy atom. The smallest absolute Gasteiger partial charge is 0.309 e. The first kappa shape index (κ1) is 20.2. The minimum Gasteiger partial charge on any atom is -0.481 e. The van der Waals surface area contributed by atoms with Crippen molar-refractivity contribution in [3.63, 3.8) is 0 Å². The molecule has 1 aromatic rings. The minimum absolute atomic E-state index is 0.376. The summed E-state index contributed by atoms with van der Waals surface area (Å²) in [4.78, 5) is 16.5. The molecule has 1 aromatic carbocycles. The Hall–Kier alpha value is -1.58. The van der Waals surface area contributed by atoms with Gasteiger partial charge in [-0.25, -0.2) is 0 Å². The van der Waals surface area contributed by atoms with Crippen molar-refractivity contribution in [3.8, 4) is 0 Å². The predicted octanol–water partition coefficient (Wildman–Crippen LogP) is 4.32. The molecule has 2 atom stereocenters. The molecule has 1 heterocycles. The zero-order valence-corrected chi connectivity index (χ0v) is 16.8. The van der Waals surface area contributed by atoms with Crippen LogP contribution in [0.1, 0.15) is 70.8 Å². The zero-order chi connectivity index (χ0) is 19.4. The predicted molar refractivity (Wildman–Crippen MR) is 112 cm³/mol. The fourth-order valence-corrected chi connectivity index (χ4v) is 4.86. The number of carboxylic acid groups (broad SMARTS) is 1. The number of hydrogen-bond acceptors (Lipinski definition) is 2. The molecule has 27 heavy (non-hydrogen) atoms. The van der Waals surface area contributed by atoms with Crippen molar-refractivity contribution in [2.45, 2.75) is 77.7 Å². The molecule has 2 aliphatic rings. The van der Waals surface area contributed by atoms with E-state index in [-0.39, 0.29) is 0 Å². The van der Waals surface area contributed by atoms with E-state index in [1.807, 2.05) is 19.1 Å². The van der Waals surface area contributed by atoms with Crippen LogP contribution >= 0.6 is 0 Å². The van der Waals surface area contributed by atoms with Crippen LogP contribution in [0.4, 0.5) is 0 Å². The number of aliphatic carboxylic acids is 1. The summed E-state index contributed by atoms with van der Waals surface area (Å²) < 4.78 is 0. The van der Waals surface area contributed by atoms with Crippen LogP contribution in [0.3, 0.4) is 0 Å². The van der Waals surface area contributed by atoms with Crippen molar-refractivity contribution in [1.82, 2.24) is 0 Å². The van der Waals surface area contributed by atoms with Gasteiger partial charge >= 0.3 is 5.97 Å². The van der Waals surface area contributed by atoms with E-state index in [1.165, 1.54) is 17.7 Å². The van der Waals surface area contributed by atoms with E-state index in [0.29, 0.717) is 17.9 Å². The molecule has 1 aliphatic carbocycles. The third kappa shape index (κ3) is 5.46. The van der Waals surface area contributed by atoms with Crippen LogP contribution in [-0.2, 0) is 11.2 Å². The molecule has 3 nitrogen and oxygen atoms in total. The van der Waals surface area contributed by atoms with Gasteiger partial charge in [0, 0.05) is 11.8 Å². The van der Waals surface area contributed by atoms with Gasteiger partial charge in [0.1, 0.15) is 7.85 Å². The average Bonchev–Trinajstić information content (AvgIpc) is 2.78. The molecule has 1 N–H and O–H groups in total. The van der Waals surface area contributed by atoms with Gasteiger partial charge in [0.2, 0.25) is 0 Å². The zero-order valence-electron chi connectivity index (χ0n) is 16.8. The molecule has 1 fully saturated rings. The minimum atomic E-state index is -0.634. The molecule has 0 amide bonds. The van der Waals surface area contributed by atoms with Gasteiger partial charge in [-0.15, -0.1) is 0 Å². The molecule has 2 radical (unpaired) electrons. The lowest BCUT2D eigenvalue weighted by Crippen LogP contribution is -2.33. The largest absolute Gasteiger partial charge is 0.481 e. The number of carbonyl (C=O) groups is 1. The van der Waals surface area contributed by atoms with Crippen molar-refractivity contribution >= 4 is 25.0 Å². The Morgan fingerprint density at radius 1 is 1.22 bits per heavy atom. The summed E-state index contributed by atoms with van der Waals surface area (Å²) in [7, 11) is 5.93. The SMILES string of the molecule is [B]c1cccc(CC2CCC(CC3CCC(C)(C(=O)O)CC3)=NC(C)C2)c1. The molecule has 0 aromatic heterocycles. The highest BCUT2D eigenvalue weighted by Crippen LogP contribution is 2.40. The lowest BCUT2D eigenvalue weighted by Gasteiger charge is -2.34. The van der Waals surface area contributed by atoms with Crippen molar-refractivity contribution in [1.29, 1.82) is 0 Å². The average molecular weight is 365 g/mol. The van der Waals surface area contributed by atoms with Gasteiger partial charge in [-0.1, -0.05) is 29.7 Å². The van der Waals surface area contributed by atoms with E-state index in [2.05, 4.69) is 19.1 Å². The Morgan fingerprint density at radius 3 is 2.63 bits per heavy atom. The van der Waals surface area contributed by atoms with E-state index in [0.717, 1.165) is 56.8 Å². The van der Waals surface area contributed by atoms with Crippen molar-refractivity contribution in [2.75, 3.05) is 0 Å². The van der Waals surface area contributed by atoms with Crippen LogP contribution < -0.4 is 5.46 Å². The lowest BCUT2D eigenvalue weighted by molar-refractivity contribution is -0.150. The summed E-state index contributed by atoms with van der Waals surface area (Å²) in [6.45, 7) is 4.14. The monoisotopic (exact) mass is 365 g/mol. The fraction of sp³-hybridized carbons (Fsp3) is 0.652. The highest BCUT2D eigenvalue weighted by Gasteiger charge is 2.37. The molecule has 4 heteroatoms. The highest BCUT2D eigenvalue weighted by atomic mass is 16.4. The first-order chi connectivity index (χ1) is 12.8. The quantitative estimate of drug-likeness (QED) is 0.790. The second-order valence-corrected chi connectivity index (χ2v) is 9.15. The maximum atomic E-state index is 11.4. The van der Waals surface area contributed by atoms with E-state index in [9.17, 15) is 9.90 Å². The number of carboxylic acids is 1. The van der Waals surface area contributed by atoms with Crippen LogP contribution in [0.2, 0.25) is 0 Å². The van der Waals surface area contributed by atoms with Gasteiger partial charge in [-0.2, -0.15) is 0 Å². The van der Waals surface area contributed by atoms with Gasteiger partial charge < -0.3 is 5.11 Å². The number of rotatable bonds is 5. The van der Waals surface area contributed by atoms with Gasteiger partial charge in [0.15, 0.2) is 0 Å². The maximum Gasteiger partial charge on any atom is 0.309 e. The summed E-state index contributed by atoms with van der Waals surface area (Å²) in [6.07, 6.45) is 9.19. The summed E-state index contributed by atoms with van der Waals surface area (Å²) in [5.74, 6) is 0.629. The molecule has 0 saturated heterocycles. The Labute approximate surface area is 165 Å². The first-order valence-electron chi connectivity index (χ1n) is 10.5. The van der Waals surface area contributed by atoms with Gasteiger partial charge in [-0.3, -0.25) is 9.79 Å². The molecule has 144 valence electrons. The lowest BCUT2D eigenvalue weighted by atomic mass is 9.70. The van der Waals surface area contributed by atoms with Crippen LogP contribution in [0.5, 0.6) is 0 Å². The number of nitrogens with zero attached hydrogens (tertiary/aromatic N) is 1. The number of hydrogen-bond donors (Lipinski definition) is 1. The molecular formula is C23H32BNO2. The third-order valence-electron chi connectivity index (χ3n) is 6.64. The molecule has 3 rings (SSSR count). The second kappa shape index (κ2) is 8.62. The fourth-order valence-electron chi connectivity index (χ4n) is 4.86. The van der Waals surface area contributed by atoms with Crippen LogP contribution in [0.15, 0.2) is 29.3 Å². The Kier molecular flexibility index (Phi) is 6.44. The molecule has 0 spiro atoms. The van der Waals surface area contributed by atoms with E-state index in [1.54, 1.807) is 0 Å². The Balaban J connectivity index is 1.53. The van der Waals surface area contributed by atoms with Crippen LogP contribution in [0, 0.1) is 17.3 Å². The second-order valence-electron chi connectivity index (χ2n) is 9.15. The van der Waals surface area contributed by atoms with Gasteiger partial charge in [-0.05, 0) is 89.0 Å². The molecular weight excluding hydrogens is 333 g/mol. The number of benzene rings is 1. The summed E-state index contributed by atoms with van der Waals surface area (Å²) >= 11 is 0. The van der Waals surface area contributed by atoms with Gasteiger partial charge in [0.25, 0.3) is 0 Å². The van der Waals surface area contributed by atoms with Crippen molar-refractivity contribution in [3.05, 3.63) is 29.8 Å². The third-order valence-corrected chi connectivity index (χ3v) is 6.64. The van der Waals surface area contributed by atoms with Crippen molar-refractivity contribution in [2.24, 2.45) is 22.2 Å². The Bertz CT molecular complexity index is 691. The van der Waals surface area contributed by atoms with E-state index < -0.39 is 11.4 Å². The molecule has 2 unspecified atom stereocenters. The molecule has 1 saturated carbocycles. The van der Waals surface area contributed by atoms with Gasteiger partial charge in [0.05, 0.1) is 5.41 Å². The normalized spacial score (nSPS) is 31.8. The number of aliphatic imine (C=N–C) groups is 1. The van der Waals surface area contributed by atoms with Crippen molar-refractivity contribution < 1.29 is 9.90 Å². The molecule has 1 aliphatic heterocycles. The van der Waals surface area contributed by atoms with E-state index >= 15 is 0 Å². The summed E-state index contributed by atoms with van der Waals surface area (Å²) in [5.41, 5.74) is 3.02. The van der Waals surface area contributed by atoms with E-state index in [4.69, 9.17) is 12.8 Å². The topological polar surface area (TPSA) is 49.7 Å².